The summed E-state index contributed by atoms with van der Waals surface area (Å²) >= 11 is 0. The van der Waals surface area contributed by atoms with E-state index in [-0.39, 0.29) is 5.78 Å². The molecule has 0 saturated carbocycles. The van der Waals surface area contributed by atoms with Gasteiger partial charge >= 0.3 is 6.09 Å². The van der Waals surface area contributed by atoms with Gasteiger partial charge in [-0.05, 0) is 52.0 Å². The second kappa shape index (κ2) is 8.59. The summed E-state index contributed by atoms with van der Waals surface area (Å²) in [5.74, 6) is 6.27. The van der Waals surface area contributed by atoms with Crippen LogP contribution in [0.5, 0.6) is 0 Å². The molecule has 0 radical (unpaired) electrons. The molecule has 0 fully saturated rings. The zero-order valence-electron chi connectivity index (χ0n) is 16.6. The van der Waals surface area contributed by atoms with Gasteiger partial charge in [-0.1, -0.05) is 24.8 Å². The standard InChI is InChI=1S/C22H26N2O3/c1-6-20(25)19-14-17(15-24(19)7-2)12-11-16-9-8-10-18(13-16)23-21(26)27-22(3,4)5/h8-10,13-15H,6-7H2,1-5H3,(H,23,26). The van der Waals surface area contributed by atoms with E-state index < -0.39 is 11.7 Å². The number of amides is 1. The van der Waals surface area contributed by atoms with Crippen LogP contribution in [-0.4, -0.2) is 22.0 Å². The smallest absolute Gasteiger partial charge is 0.412 e. The second-order valence-electron chi connectivity index (χ2n) is 7.13. The van der Waals surface area contributed by atoms with E-state index in [1.165, 1.54) is 0 Å². The summed E-state index contributed by atoms with van der Waals surface area (Å²) in [6.07, 6.45) is 1.85. The van der Waals surface area contributed by atoms with Crippen LogP contribution >= 0.6 is 0 Å². The highest BCUT2D eigenvalue weighted by atomic mass is 16.6. The van der Waals surface area contributed by atoms with E-state index in [2.05, 4.69) is 17.2 Å². The molecule has 1 N–H and O–H groups in total. The quantitative estimate of drug-likeness (QED) is 0.622. The Morgan fingerprint density at radius 1 is 1.11 bits per heavy atom. The number of hydrogen-bond donors (Lipinski definition) is 1. The summed E-state index contributed by atoms with van der Waals surface area (Å²) in [5, 5.41) is 2.70. The maximum Gasteiger partial charge on any atom is 0.412 e. The average Bonchev–Trinajstić information content (AvgIpc) is 3.01. The zero-order chi connectivity index (χ0) is 20.0. The van der Waals surface area contributed by atoms with Gasteiger partial charge in [0, 0.05) is 36.0 Å². The first-order valence-corrected chi connectivity index (χ1v) is 9.07. The predicted octanol–water partition coefficient (Wildman–Crippen LogP) is 4.85. The van der Waals surface area contributed by atoms with Crippen LogP contribution < -0.4 is 5.32 Å². The summed E-state index contributed by atoms with van der Waals surface area (Å²) in [4.78, 5) is 23.9. The van der Waals surface area contributed by atoms with Crippen LogP contribution in [0, 0.1) is 11.8 Å². The van der Waals surface area contributed by atoms with Crippen molar-refractivity contribution in [3.05, 3.63) is 53.3 Å². The summed E-state index contributed by atoms with van der Waals surface area (Å²) in [6, 6.07) is 9.07. The minimum absolute atomic E-state index is 0.105. The van der Waals surface area contributed by atoms with E-state index in [0.717, 1.165) is 17.7 Å². The van der Waals surface area contributed by atoms with Crippen molar-refractivity contribution >= 4 is 17.6 Å². The maximum absolute atomic E-state index is 12.0. The molecule has 0 aliphatic rings. The van der Waals surface area contributed by atoms with Crippen molar-refractivity contribution < 1.29 is 14.3 Å². The molecule has 0 bridgehead atoms. The lowest BCUT2D eigenvalue weighted by Crippen LogP contribution is -2.27. The number of carbonyl (C=O) groups is 2. The van der Waals surface area contributed by atoms with Gasteiger partial charge in [0.2, 0.25) is 0 Å². The average molecular weight is 366 g/mol. The molecule has 0 saturated heterocycles. The number of ketones is 1. The van der Waals surface area contributed by atoms with E-state index >= 15 is 0 Å². The molecule has 27 heavy (non-hydrogen) atoms. The van der Waals surface area contributed by atoms with Gasteiger partial charge in [0.15, 0.2) is 5.78 Å². The normalized spacial score (nSPS) is 10.7. The number of nitrogens with one attached hydrogen (secondary N) is 1. The second-order valence-corrected chi connectivity index (χ2v) is 7.13. The Labute approximate surface area is 160 Å². The van der Waals surface area contributed by atoms with Crippen LogP contribution in [0.4, 0.5) is 10.5 Å². The highest BCUT2D eigenvalue weighted by molar-refractivity contribution is 5.95. The number of rotatable bonds is 4. The van der Waals surface area contributed by atoms with Gasteiger partial charge in [0.1, 0.15) is 5.60 Å². The van der Waals surface area contributed by atoms with Crippen LogP contribution in [-0.2, 0) is 11.3 Å². The molecule has 1 aromatic carbocycles. The lowest BCUT2D eigenvalue weighted by molar-refractivity contribution is 0.0635. The molecule has 0 atom stereocenters. The first kappa shape index (κ1) is 20.3. The number of benzene rings is 1. The van der Waals surface area contributed by atoms with Crippen molar-refractivity contribution in [1.29, 1.82) is 0 Å². The Morgan fingerprint density at radius 2 is 1.81 bits per heavy atom. The van der Waals surface area contributed by atoms with E-state index in [1.807, 2.05) is 63.6 Å². The zero-order valence-corrected chi connectivity index (χ0v) is 16.6. The molecule has 0 aliphatic heterocycles. The van der Waals surface area contributed by atoms with Gasteiger partial charge in [-0.15, -0.1) is 0 Å². The number of hydrogen-bond acceptors (Lipinski definition) is 3. The van der Waals surface area contributed by atoms with Crippen LogP contribution in [0.15, 0.2) is 36.5 Å². The van der Waals surface area contributed by atoms with Gasteiger partial charge < -0.3 is 9.30 Å². The van der Waals surface area contributed by atoms with Crippen molar-refractivity contribution in [3.63, 3.8) is 0 Å². The molecule has 1 heterocycles. The highest BCUT2D eigenvalue weighted by Crippen LogP contribution is 2.14. The first-order valence-electron chi connectivity index (χ1n) is 9.07. The minimum atomic E-state index is -0.554. The number of aryl methyl sites for hydroxylation is 1. The van der Waals surface area contributed by atoms with E-state index in [1.54, 1.807) is 12.1 Å². The largest absolute Gasteiger partial charge is 0.444 e. The van der Waals surface area contributed by atoms with Crippen LogP contribution in [0.25, 0.3) is 0 Å². The number of Topliss-reactive ketones (excluding diaryl/α,β-unsaturated/α-hetero) is 1. The minimum Gasteiger partial charge on any atom is -0.444 e. The van der Waals surface area contributed by atoms with Crippen molar-refractivity contribution in [1.82, 2.24) is 4.57 Å². The molecule has 142 valence electrons. The Hall–Kier alpha value is -3.00. The van der Waals surface area contributed by atoms with Gasteiger partial charge in [-0.25, -0.2) is 4.79 Å². The topological polar surface area (TPSA) is 60.3 Å². The number of aromatic nitrogens is 1. The fourth-order valence-electron chi connectivity index (χ4n) is 2.50. The van der Waals surface area contributed by atoms with Gasteiger partial charge in [-0.2, -0.15) is 0 Å². The first-order chi connectivity index (χ1) is 12.7. The van der Waals surface area contributed by atoms with Crippen molar-refractivity contribution in [2.45, 2.75) is 53.2 Å². The molecule has 2 aromatic rings. The summed E-state index contributed by atoms with van der Waals surface area (Å²) < 4.78 is 7.16. The van der Waals surface area contributed by atoms with Crippen LogP contribution in [0.1, 0.15) is 62.7 Å². The summed E-state index contributed by atoms with van der Waals surface area (Å²) in [6.45, 7) is 10.0. The Balaban J connectivity index is 2.17. The van der Waals surface area contributed by atoms with Crippen molar-refractivity contribution in [3.8, 4) is 11.8 Å². The highest BCUT2D eigenvalue weighted by Gasteiger charge is 2.16. The molecular weight excluding hydrogens is 340 g/mol. The van der Waals surface area contributed by atoms with Crippen LogP contribution in [0.2, 0.25) is 0 Å². The fourth-order valence-corrected chi connectivity index (χ4v) is 2.50. The molecule has 1 aromatic heterocycles. The van der Waals surface area contributed by atoms with Crippen molar-refractivity contribution in [2.75, 3.05) is 5.32 Å². The van der Waals surface area contributed by atoms with Gasteiger partial charge in [0.25, 0.3) is 0 Å². The number of ether oxygens (including phenoxy) is 1. The predicted molar refractivity (Wildman–Crippen MR) is 107 cm³/mol. The Bertz CT molecular complexity index is 892. The van der Waals surface area contributed by atoms with E-state index in [9.17, 15) is 9.59 Å². The molecular formula is C22H26N2O3. The summed E-state index contributed by atoms with van der Waals surface area (Å²) in [5.41, 5.74) is 2.30. The number of nitrogens with zero attached hydrogens (tertiary/aromatic N) is 1. The lowest BCUT2D eigenvalue weighted by atomic mass is 10.2. The van der Waals surface area contributed by atoms with Crippen LogP contribution in [0.3, 0.4) is 0 Å². The molecule has 0 unspecified atom stereocenters. The van der Waals surface area contributed by atoms with Gasteiger partial charge in [0.05, 0.1) is 5.69 Å². The Morgan fingerprint density at radius 3 is 2.44 bits per heavy atom. The van der Waals surface area contributed by atoms with Gasteiger partial charge in [-0.3, -0.25) is 10.1 Å². The molecule has 5 nitrogen and oxygen atoms in total. The van der Waals surface area contributed by atoms with Crippen molar-refractivity contribution in [2.24, 2.45) is 0 Å². The fraction of sp³-hybridized carbons (Fsp3) is 0.364. The van der Waals surface area contributed by atoms with E-state index in [4.69, 9.17) is 4.74 Å². The Kier molecular flexibility index (Phi) is 6.46. The molecule has 0 aliphatic carbocycles. The third kappa shape index (κ3) is 6.03. The number of anilines is 1. The molecule has 5 heteroatoms. The summed E-state index contributed by atoms with van der Waals surface area (Å²) in [7, 11) is 0. The molecule has 1 amide bonds. The molecule has 0 spiro atoms. The SMILES string of the molecule is CCC(=O)c1cc(C#Cc2cccc(NC(=O)OC(C)(C)C)c2)cn1CC. The maximum atomic E-state index is 12.0. The third-order valence-corrected chi connectivity index (χ3v) is 3.70. The third-order valence-electron chi connectivity index (χ3n) is 3.70. The van der Waals surface area contributed by atoms with E-state index in [0.29, 0.717) is 17.8 Å². The lowest BCUT2D eigenvalue weighted by Gasteiger charge is -2.19. The molecule has 2 rings (SSSR count). The number of carbonyl (C=O) groups excluding carboxylic acids is 2. The monoisotopic (exact) mass is 366 g/mol.